The molecule has 0 aliphatic carbocycles. The molecule has 14 heteroatoms. The third-order valence-electron chi connectivity index (χ3n) is 7.22. The molecule has 0 spiro atoms. The molecule has 2 unspecified atom stereocenters. The Bertz CT molecular complexity index is 668. The smallest absolute Gasteiger partial charge is 0.308 e. The van der Waals surface area contributed by atoms with Crippen molar-refractivity contribution in [2.24, 2.45) is 5.92 Å². The Labute approximate surface area is 295 Å². The summed E-state index contributed by atoms with van der Waals surface area (Å²) in [7, 11) is 0. The van der Waals surface area contributed by atoms with Gasteiger partial charge in [0.15, 0.2) is 6.29 Å². The minimum Gasteiger partial charge on any atom is -0.463 e. The Morgan fingerprint density at radius 1 is 0.531 bits per heavy atom. The van der Waals surface area contributed by atoms with Gasteiger partial charge in [-0.05, 0) is 32.1 Å². The monoisotopic (exact) mass is 712 g/mol. The third kappa shape index (κ3) is 32.6. The number of esters is 1. The van der Waals surface area contributed by atoms with E-state index in [-0.39, 0.29) is 24.8 Å². The van der Waals surface area contributed by atoms with Crippen molar-refractivity contribution in [3.8, 4) is 0 Å². The minimum absolute atomic E-state index is 0.00361. The molecule has 2 atom stereocenters. The molecule has 0 aromatic heterocycles. The van der Waals surface area contributed by atoms with Crippen LogP contribution in [-0.2, 0) is 66.4 Å². The van der Waals surface area contributed by atoms with E-state index < -0.39 is 0 Å². The first kappa shape index (κ1) is 46.0. The van der Waals surface area contributed by atoms with Gasteiger partial charge in [-0.3, -0.25) is 4.79 Å². The van der Waals surface area contributed by atoms with Crippen LogP contribution in [0.2, 0.25) is 0 Å². The fourth-order valence-electron chi connectivity index (χ4n) is 4.42. The maximum absolute atomic E-state index is 12.0. The SMILES string of the molecule is CCCCC(CC)C(=O)OCCOCCOCCOCCOCCOCCOCCOCCOCCOCCOCCOC1CCCCO1. The first-order valence-corrected chi connectivity index (χ1v) is 18.4. The van der Waals surface area contributed by atoms with Gasteiger partial charge in [0.1, 0.15) is 6.61 Å². The standard InChI is InChI=1S/C35H68O14/c1-3-5-8-33(4-2)35(36)49-32-30-46-28-26-44-24-22-42-20-18-40-16-14-38-12-11-37-13-15-39-17-19-41-21-23-43-25-27-45-29-31-48-34-9-6-7-10-47-34/h33-34H,3-32H2,1-2H3. The molecule has 1 saturated heterocycles. The van der Waals surface area contributed by atoms with Gasteiger partial charge in [0.05, 0.1) is 145 Å². The van der Waals surface area contributed by atoms with E-state index in [9.17, 15) is 4.79 Å². The Kier molecular flexibility index (Phi) is 35.9. The Morgan fingerprint density at radius 2 is 0.898 bits per heavy atom. The maximum atomic E-state index is 12.0. The van der Waals surface area contributed by atoms with E-state index in [4.69, 9.17) is 61.6 Å². The van der Waals surface area contributed by atoms with Crippen molar-refractivity contribution in [1.29, 1.82) is 0 Å². The molecule has 0 radical (unpaired) electrons. The lowest BCUT2D eigenvalue weighted by atomic mass is 10.00. The first-order chi connectivity index (χ1) is 24.3. The summed E-state index contributed by atoms with van der Waals surface area (Å²) in [6.45, 7) is 15.7. The second kappa shape index (κ2) is 38.2. The average Bonchev–Trinajstić information content (AvgIpc) is 3.12. The number of hydrogen-bond donors (Lipinski definition) is 0. The lowest BCUT2D eigenvalue weighted by molar-refractivity contribution is -0.169. The zero-order valence-corrected chi connectivity index (χ0v) is 30.6. The van der Waals surface area contributed by atoms with Crippen LogP contribution in [0.3, 0.4) is 0 Å². The zero-order chi connectivity index (χ0) is 35.1. The summed E-state index contributed by atoms with van der Waals surface area (Å²) < 4.78 is 71.2. The van der Waals surface area contributed by atoms with Crippen molar-refractivity contribution in [2.75, 3.05) is 152 Å². The van der Waals surface area contributed by atoms with Crippen LogP contribution in [0.1, 0.15) is 58.8 Å². The van der Waals surface area contributed by atoms with Crippen LogP contribution in [0, 0.1) is 5.92 Å². The van der Waals surface area contributed by atoms with E-state index in [0.29, 0.717) is 139 Å². The highest BCUT2D eigenvalue weighted by Gasteiger charge is 2.17. The van der Waals surface area contributed by atoms with Crippen molar-refractivity contribution in [3.05, 3.63) is 0 Å². The van der Waals surface area contributed by atoms with Crippen molar-refractivity contribution in [2.45, 2.75) is 65.1 Å². The number of carbonyl (C=O) groups is 1. The first-order valence-electron chi connectivity index (χ1n) is 18.4. The summed E-state index contributed by atoms with van der Waals surface area (Å²) in [5.41, 5.74) is 0. The van der Waals surface area contributed by atoms with Crippen LogP contribution < -0.4 is 0 Å². The van der Waals surface area contributed by atoms with Gasteiger partial charge in [0.2, 0.25) is 0 Å². The van der Waals surface area contributed by atoms with Crippen LogP contribution >= 0.6 is 0 Å². The minimum atomic E-state index is -0.120. The predicted octanol–water partition coefficient (Wildman–Crippen LogP) is 3.46. The van der Waals surface area contributed by atoms with Gasteiger partial charge in [-0.1, -0.05) is 26.7 Å². The molecule has 1 heterocycles. The van der Waals surface area contributed by atoms with Gasteiger partial charge in [0, 0.05) is 6.61 Å². The zero-order valence-electron chi connectivity index (χ0n) is 30.6. The Morgan fingerprint density at radius 3 is 1.22 bits per heavy atom. The summed E-state index contributed by atoms with van der Waals surface area (Å²) in [6, 6.07) is 0. The summed E-state index contributed by atoms with van der Waals surface area (Å²) >= 11 is 0. The van der Waals surface area contributed by atoms with E-state index >= 15 is 0 Å². The molecule has 0 aromatic carbocycles. The third-order valence-corrected chi connectivity index (χ3v) is 7.22. The molecule has 1 aliphatic rings. The highest BCUT2D eigenvalue weighted by Crippen LogP contribution is 2.14. The molecular weight excluding hydrogens is 644 g/mol. The van der Waals surface area contributed by atoms with Gasteiger partial charge in [0.25, 0.3) is 0 Å². The number of ether oxygens (including phenoxy) is 13. The molecule has 1 fully saturated rings. The number of carbonyl (C=O) groups excluding carboxylic acids is 1. The predicted molar refractivity (Wildman–Crippen MR) is 182 cm³/mol. The number of hydrogen-bond acceptors (Lipinski definition) is 14. The van der Waals surface area contributed by atoms with Gasteiger partial charge in [-0.15, -0.1) is 0 Å². The van der Waals surface area contributed by atoms with Crippen molar-refractivity contribution < 1.29 is 66.4 Å². The molecule has 0 amide bonds. The normalized spacial score (nSPS) is 15.5. The van der Waals surface area contributed by atoms with Crippen LogP contribution in [0.5, 0.6) is 0 Å². The molecular formula is C35H68O14. The topological polar surface area (TPSA) is 137 Å². The molecule has 1 rings (SSSR count). The van der Waals surface area contributed by atoms with Crippen molar-refractivity contribution >= 4 is 5.97 Å². The molecule has 1 aliphatic heterocycles. The largest absolute Gasteiger partial charge is 0.463 e. The second-order valence-corrected chi connectivity index (χ2v) is 11.2. The van der Waals surface area contributed by atoms with Crippen LogP contribution in [0.4, 0.5) is 0 Å². The highest BCUT2D eigenvalue weighted by atomic mass is 16.7. The van der Waals surface area contributed by atoms with E-state index in [1.807, 2.05) is 6.92 Å². The van der Waals surface area contributed by atoms with E-state index in [1.54, 1.807) is 0 Å². The highest BCUT2D eigenvalue weighted by molar-refractivity contribution is 5.72. The molecule has 292 valence electrons. The summed E-state index contributed by atoms with van der Waals surface area (Å²) in [5, 5.41) is 0. The van der Waals surface area contributed by atoms with E-state index in [0.717, 1.165) is 51.6 Å². The van der Waals surface area contributed by atoms with E-state index in [1.165, 1.54) is 0 Å². The van der Waals surface area contributed by atoms with Crippen LogP contribution in [-0.4, -0.2) is 164 Å². The molecule has 0 bridgehead atoms. The van der Waals surface area contributed by atoms with Gasteiger partial charge in [-0.2, -0.15) is 0 Å². The Hall–Kier alpha value is -1.01. The summed E-state index contributed by atoms with van der Waals surface area (Å²) in [5.74, 6) is -0.123. The number of unbranched alkanes of at least 4 members (excludes halogenated alkanes) is 1. The Balaban J connectivity index is 1.64. The second-order valence-electron chi connectivity index (χ2n) is 11.2. The van der Waals surface area contributed by atoms with Gasteiger partial charge in [-0.25, -0.2) is 0 Å². The maximum Gasteiger partial charge on any atom is 0.308 e. The van der Waals surface area contributed by atoms with Crippen LogP contribution in [0.25, 0.3) is 0 Å². The van der Waals surface area contributed by atoms with Crippen molar-refractivity contribution in [3.63, 3.8) is 0 Å². The molecule has 49 heavy (non-hydrogen) atoms. The molecule has 0 saturated carbocycles. The molecule has 0 aromatic rings. The number of rotatable bonds is 39. The summed E-state index contributed by atoms with van der Waals surface area (Å²) in [4.78, 5) is 12.0. The summed E-state index contributed by atoms with van der Waals surface area (Å²) in [6.07, 6.45) is 7.02. The molecule has 0 N–H and O–H groups in total. The van der Waals surface area contributed by atoms with Gasteiger partial charge >= 0.3 is 5.97 Å². The van der Waals surface area contributed by atoms with Crippen molar-refractivity contribution in [1.82, 2.24) is 0 Å². The van der Waals surface area contributed by atoms with E-state index in [2.05, 4.69) is 6.92 Å². The fourth-order valence-corrected chi connectivity index (χ4v) is 4.42. The van der Waals surface area contributed by atoms with Crippen LogP contribution in [0.15, 0.2) is 0 Å². The van der Waals surface area contributed by atoms with Gasteiger partial charge < -0.3 is 61.6 Å². The fraction of sp³-hybridized carbons (Fsp3) is 0.971. The average molecular weight is 713 g/mol. The molecule has 14 nitrogen and oxygen atoms in total. The quantitative estimate of drug-likeness (QED) is 0.0680. The lowest BCUT2D eigenvalue weighted by Gasteiger charge is -2.22. The lowest BCUT2D eigenvalue weighted by Crippen LogP contribution is -2.24.